The molecule has 0 amide bonds. The van der Waals surface area contributed by atoms with Crippen molar-refractivity contribution in [3.63, 3.8) is 0 Å². The fourth-order valence-electron chi connectivity index (χ4n) is 2.09. The number of aryl methyl sites for hydroxylation is 2. The second-order valence-corrected chi connectivity index (χ2v) is 8.00. The van der Waals surface area contributed by atoms with E-state index >= 15 is 0 Å². The van der Waals surface area contributed by atoms with Gasteiger partial charge in [-0.1, -0.05) is 48.0 Å². The molecule has 0 aliphatic heterocycles. The summed E-state index contributed by atoms with van der Waals surface area (Å²) in [4.78, 5) is -0.833. The van der Waals surface area contributed by atoms with Crippen LogP contribution in [0.15, 0.2) is 59.5 Å². The normalized spacial score (nSPS) is 13.2. The smallest absolute Gasteiger partial charge is 0.260 e. The van der Waals surface area contributed by atoms with E-state index in [0.717, 1.165) is 11.1 Å². The number of hydrogen-bond acceptors (Lipinski definition) is 3. The summed E-state index contributed by atoms with van der Waals surface area (Å²) < 4.78 is 29.9. The van der Waals surface area contributed by atoms with Crippen molar-refractivity contribution >= 4 is 33.3 Å². The van der Waals surface area contributed by atoms with Gasteiger partial charge in [0.1, 0.15) is 10.9 Å². The molecule has 2 rings (SSSR count). The van der Waals surface area contributed by atoms with Crippen LogP contribution in [0.5, 0.6) is 0 Å². The Hall–Kier alpha value is -1.07. The molecule has 124 valence electrons. The van der Waals surface area contributed by atoms with E-state index in [2.05, 4.69) is 0 Å². The molecular weight excluding hydrogens is 355 g/mol. The molecule has 3 nitrogen and oxygen atoms in total. The fourth-order valence-corrected chi connectivity index (χ4v) is 3.68. The van der Waals surface area contributed by atoms with Crippen molar-refractivity contribution in [2.75, 3.05) is 0 Å². The standard InChI is InChI=1S/C17H18Cl2O3S/c1-13-7-10-15(11-8-13)23(20,21)22-16(17(18)19)12-9-14-5-3-2-4-6-14/h2-8,10-11,16-17H,9,12H2,1H3. The lowest BCUT2D eigenvalue weighted by Crippen LogP contribution is -2.25. The quantitative estimate of drug-likeness (QED) is 0.530. The molecule has 0 N–H and O–H groups in total. The Morgan fingerprint density at radius 2 is 1.61 bits per heavy atom. The molecule has 2 aromatic carbocycles. The highest BCUT2D eigenvalue weighted by Crippen LogP contribution is 2.23. The summed E-state index contributed by atoms with van der Waals surface area (Å²) in [6.45, 7) is 1.88. The highest BCUT2D eigenvalue weighted by molar-refractivity contribution is 7.86. The molecule has 0 fully saturated rings. The van der Waals surface area contributed by atoms with Crippen LogP contribution < -0.4 is 0 Å². The van der Waals surface area contributed by atoms with Gasteiger partial charge in [-0.25, -0.2) is 0 Å². The van der Waals surface area contributed by atoms with Crippen LogP contribution in [0.1, 0.15) is 17.5 Å². The molecular formula is C17H18Cl2O3S. The van der Waals surface area contributed by atoms with E-state index < -0.39 is 21.1 Å². The van der Waals surface area contributed by atoms with Crippen molar-refractivity contribution in [3.8, 4) is 0 Å². The van der Waals surface area contributed by atoms with Gasteiger partial charge >= 0.3 is 0 Å². The summed E-state index contributed by atoms with van der Waals surface area (Å²) in [5.41, 5.74) is 2.04. The Kier molecular flexibility index (Phi) is 6.48. The maximum absolute atomic E-state index is 12.3. The van der Waals surface area contributed by atoms with Gasteiger partial charge in [-0.3, -0.25) is 4.18 Å². The van der Waals surface area contributed by atoms with Gasteiger partial charge in [0.05, 0.1) is 4.90 Å². The third-order valence-electron chi connectivity index (χ3n) is 3.40. The second kappa shape index (κ2) is 8.15. The van der Waals surface area contributed by atoms with Crippen molar-refractivity contribution in [1.82, 2.24) is 0 Å². The number of benzene rings is 2. The van der Waals surface area contributed by atoms with Gasteiger partial charge in [0.2, 0.25) is 0 Å². The molecule has 0 saturated heterocycles. The maximum atomic E-state index is 12.3. The Morgan fingerprint density at radius 1 is 1.00 bits per heavy atom. The van der Waals surface area contributed by atoms with Crippen LogP contribution in [0.3, 0.4) is 0 Å². The summed E-state index contributed by atoms with van der Waals surface area (Å²) in [6, 6.07) is 16.1. The first kappa shape index (κ1) is 18.3. The summed E-state index contributed by atoms with van der Waals surface area (Å²) in [5.74, 6) is 0. The van der Waals surface area contributed by atoms with Crippen LogP contribution >= 0.6 is 23.2 Å². The van der Waals surface area contributed by atoms with E-state index in [1.165, 1.54) is 12.1 Å². The summed E-state index contributed by atoms with van der Waals surface area (Å²) in [7, 11) is -3.89. The molecule has 2 aromatic rings. The van der Waals surface area contributed by atoms with Crippen molar-refractivity contribution in [2.24, 2.45) is 0 Å². The minimum Gasteiger partial charge on any atom is -0.260 e. The Balaban J connectivity index is 2.07. The minimum atomic E-state index is -3.89. The molecule has 0 radical (unpaired) electrons. The molecule has 0 aliphatic rings. The van der Waals surface area contributed by atoms with Gasteiger partial charge < -0.3 is 0 Å². The zero-order valence-corrected chi connectivity index (χ0v) is 15.0. The zero-order chi connectivity index (χ0) is 16.9. The average molecular weight is 373 g/mol. The first-order valence-corrected chi connectivity index (χ1v) is 9.48. The van der Waals surface area contributed by atoms with E-state index in [4.69, 9.17) is 27.4 Å². The zero-order valence-electron chi connectivity index (χ0n) is 12.7. The fraction of sp³-hybridized carbons (Fsp3) is 0.294. The lowest BCUT2D eigenvalue weighted by Gasteiger charge is -2.18. The predicted molar refractivity (Wildman–Crippen MR) is 93.5 cm³/mol. The molecule has 0 spiro atoms. The first-order chi connectivity index (χ1) is 10.9. The number of hydrogen-bond donors (Lipinski definition) is 0. The van der Waals surface area contributed by atoms with Gasteiger partial charge in [-0.15, -0.1) is 23.2 Å². The van der Waals surface area contributed by atoms with Crippen molar-refractivity contribution in [1.29, 1.82) is 0 Å². The Labute approximate surface area is 147 Å². The van der Waals surface area contributed by atoms with Crippen LogP contribution in [0.4, 0.5) is 0 Å². The van der Waals surface area contributed by atoms with Crippen molar-refractivity contribution in [3.05, 3.63) is 65.7 Å². The molecule has 0 bridgehead atoms. The molecule has 6 heteroatoms. The van der Waals surface area contributed by atoms with Crippen molar-refractivity contribution in [2.45, 2.75) is 35.6 Å². The van der Waals surface area contributed by atoms with Crippen LogP contribution in [0.25, 0.3) is 0 Å². The lowest BCUT2D eigenvalue weighted by molar-refractivity contribution is 0.212. The van der Waals surface area contributed by atoms with Crippen molar-refractivity contribution < 1.29 is 12.6 Å². The van der Waals surface area contributed by atoms with E-state index in [1.807, 2.05) is 37.3 Å². The highest BCUT2D eigenvalue weighted by Gasteiger charge is 2.26. The molecule has 0 saturated carbocycles. The van der Waals surface area contributed by atoms with Gasteiger partial charge in [0, 0.05) is 0 Å². The molecule has 23 heavy (non-hydrogen) atoms. The van der Waals surface area contributed by atoms with E-state index in [1.54, 1.807) is 12.1 Å². The van der Waals surface area contributed by atoms with Gasteiger partial charge in [-0.05, 0) is 37.5 Å². The molecule has 0 aromatic heterocycles. The van der Waals surface area contributed by atoms with Gasteiger partial charge in [0.15, 0.2) is 0 Å². The first-order valence-electron chi connectivity index (χ1n) is 7.20. The average Bonchev–Trinajstić information content (AvgIpc) is 2.52. The second-order valence-electron chi connectivity index (χ2n) is 5.26. The van der Waals surface area contributed by atoms with Crippen LogP contribution in [-0.2, 0) is 20.7 Å². The SMILES string of the molecule is Cc1ccc(S(=O)(=O)OC(CCc2ccccc2)C(Cl)Cl)cc1. The minimum absolute atomic E-state index is 0.0989. The maximum Gasteiger partial charge on any atom is 0.297 e. The topological polar surface area (TPSA) is 43.4 Å². The molecule has 1 unspecified atom stereocenters. The van der Waals surface area contributed by atoms with E-state index in [-0.39, 0.29) is 4.90 Å². The van der Waals surface area contributed by atoms with E-state index in [0.29, 0.717) is 12.8 Å². The monoisotopic (exact) mass is 372 g/mol. The summed E-state index contributed by atoms with van der Waals surface area (Å²) in [5, 5.41) is 0. The third-order valence-corrected chi connectivity index (χ3v) is 5.31. The predicted octanol–water partition coefficient (Wildman–Crippen LogP) is 4.51. The van der Waals surface area contributed by atoms with Gasteiger partial charge in [-0.2, -0.15) is 8.42 Å². The molecule has 0 heterocycles. The van der Waals surface area contributed by atoms with Crippen LogP contribution in [0, 0.1) is 6.92 Å². The Morgan fingerprint density at radius 3 is 2.17 bits per heavy atom. The highest BCUT2D eigenvalue weighted by atomic mass is 35.5. The van der Waals surface area contributed by atoms with Crippen LogP contribution in [0.2, 0.25) is 0 Å². The number of rotatable bonds is 7. The van der Waals surface area contributed by atoms with Gasteiger partial charge in [0.25, 0.3) is 10.1 Å². The number of alkyl halides is 2. The largest absolute Gasteiger partial charge is 0.297 e. The number of halogens is 2. The van der Waals surface area contributed by atoms with E-state index in [9.17, 15) is 8.42 Å². The third kappa shape index (κ3) is 5.50. The lowest BCUT2D eigenvalue weighted by atomic mass is 10.1. The Bertz CT molecular complexity index is 713. The molecule has 1 atom stereocenters. The summed E-state index contributed by atoms with van der Waals surface area (Å²) >= 11 is 11.8. The van der Waals surface area contributed by atoms with Crippen LogP contribution in [-0.4, -0.2) is 19.4 Å². The molecule has 0 aliphatic carbocycles. The summed E-state index contributed by atoms with van der Waals surface area (Å²) in [6.07, 6.45) is 0.238.